The molecule has 0 bridgehead atoms. The van der Waals surface area contributed by atoms with Gasteiger partial charge in [-0.1, -0.05) is 6.92 Å². The number of rotatable bonds is 7. The molecule has 104 valence electrons. The summed E-state index contributed by atoms with van der Waals surface area (Å²) in [6, 6.07) is 3.90. The number of hydrogen-bond donors (Lipinski definition) is 2. The van der Waals surface area contributed by atoms with E-state index < -0.39 is 10.9 Å². The number of carbonyl (C=O) groups is 1. The predicted octanol–water partition coefficient (Wildman–Crippen LogP) is 2.85. The Morgan fingerprint density at radius 3 is 2.79 bits per heavy atom. The van der Waals surface area contributed by atoms with E-state index >= 15 is 0 Å². The van der Waals surface area contributed by atoms with Crippen LogP contribution in [0.3, 0.4) is 0 Å². The van der Waals surface area contributed by atoms with Crippen molar-refractivity contribution in [2.45, 2.75) is 19.9 Å². The number of nitro benzene ring substituents is 1. The Bertz CT molecular complexity index is 479. The van der Waals surface area contributed by atoms with Gasteiger partial charge in [0.1, 0.15) is 0 Å². The Morgan fingerprint density at radius 2 is 2.26 bits per heavy atom. The maximum Gasteiger partial charge on any atom is 0.338 e. The van der Waals surface area contributed by atoms with Crippen molar-refractivity contribution in [3.63, 3.8) is 0 Å². The minimum absolute atomic E-state index is 0.0810. The summed E-state index contributed by atoms with van der Waals surface area (Å²) in [7, 11) is 0. The molecule has 0 aliphatic carbocycles. The summed E-state index contributed by atoms with van der Waals surface area (Å²) in [5.41, 5.74) is 0.100. The standard InChI is InChI=1S/C12H16N2O4S/c1-3-19-7-8(2)13-11-5-4-9(14(17)18)6-10(11)12(15)16/h4-6,8,13H,3,7H2,1-2H3,(H,15,16). The normalized spacial score (nSPS) is 11.9. The van der Waals surface area contributed by atoms with Gasteiger partial charge in [-0.2, -0.15) is 11.8 Å². The number of aromatic carboxylic acids is 1. The minimum atomic E-state index is -1.18. The first-order valence-corrected chi connectivity index (χ1v) is 6.97. The third-order valence-electron chi connectivity index (χ3n) is 2.42. The molecule has 6 nitrogen and oxygen atoms in total. The maximum atomic E-state index is 11.1. The molecule has 0 aliphatic rings. The molecule has 0 saturated heterocycles. The first kappa shape index (κ1) is 15.3. The first-order valence-electron chi connectivity index (χ1n) is 5.81. The highest BCUT2D eigenvalue weighted by Gasteiger charge is 2.17. The van der Waals surface area contributed by atoms with Crippen LogP contribution in [0.1, 0.15) is 24.2 Å². The fourth-order valence-electron chi connectivity index (χ4n) is 1.55. The SMILES string of the molecule is CCSCC(C)Nc1ccc([N+](=O)[O-])cc1C(=O)O. The lowest BCUT2D eigenvalue weighted by molar-refractivity contribution is -0.384. The van der Waals surface area contributed by atoms with Gasteiger partial charge in [-0.3, -0.25) is 10.1 Å². The van der Waals surface area contributed by atoms with Crippen LogP contribution in [-0.2, 0) is 0 Å². The molecule has 1 unspecified atom stereocenters. The summed E-state index contributed by atoms with van der Waals surface area (Å²) in [6.45, 7) is 3.99. The molecule has 0 radical (unpaired) electrons. The number of nitrogens with one attached hydrogen (secondary N) is 1. The van der Waals surface area contributed by atoms with E-state index in [0.29, 0.717) is 5.69 Å². The number of carboxylic acid groups (broad SMARTS) is 1. The van der Waals surface area contributed by atoms with E-state index in [1.807, 2.05) is 13.8 Å². The van der Waals surface area contributed by atoms with Gasteiger partial charge in [0.15, 0.2) is 0 Å². The van der Waals surface area contributed by atoms with Gasteiger partial charge in [-0.15, -0.1) is 0 Å². The van der Waals surface area contributed by atoms with Crippen LogP contribution in [-0.4, -0.2) is 33.5 Å². The van der Waals surface area contributed by atoms with Gasteiger partial charge in [0.25, 0.3) is 5.69 Å². The van der Waals surface area contributed by atoms with Crippen molar-refractivity contribution < 1.29 is 14.8 Å². The zero-order valence-electron chi connectivity index (χ0n) is 10.8. The molecule has 1 aromatic carbocycles. The second-order valence-electron chi connectivity index (χ2n) is 4.00. The van der Waals surface area contributed by atoms with Crippen LogP contribution in [0.4, 0.5) is 11.4 Å². The second-order valence-corrected chi connectivity index (χ2v) is 5.32. The summed E-state index contributed by atoms with van der Waals surface area (Å²) in [5.74, 6) is 0.645. The number of anilines is 1. The molecule has 0 fully saturated rings. The van der Waals surface area contributed by atoms with Gasteiger partial charge in [0.2, 0.25) is 0 Å². The van der Waals surface area contributed by atoms with Gasteiger partial charge in [-0.25, -0.2) is 4.79 Å². The molecule has 0 spiro atoms. The van der Waals surface area contributed by atoms with E-state index in [9.17, 15) is 14.9 Å². The fourth-order valence-corrected chi connectivity index (χ4v) is 2.22. The van der Waals surface area contributed by atoms with Crippen molar-refractivity contribution in [3.05, 3.63) is 33.9 Å². The van der Waals surface area contributed by atoms with Gasteiger partial charge in [0, 0.05) is 29.6 Å². The van der Waals surface area contributed by atoms with E-state index in [0.717, 1.165) is 17.6 Å². The topological polar surface area (TPSA) is 92.5 Å². The van der Waals surface area contributed by atoms with Crippen LogP contribution in [0, 0.1) is 10.1 Å². The molecule has 0 aromatic heterocycles. The number of carboxylic acids is 1. The third kappa shape index (κ3) is 4.44. The van der Waals surface area contributed by atoms with Crippen molar-refractivity contribution >= 4 is 29.1 Å². The largest absolute Gasteiger partial charge is 0.478 e. The highest BCUT2D eigenvalue weighted by Crippen LogP contribution is 2.23. The Hall–Kier alpha value is -1.76. The molecule has 1 rings (SSSR count). The average molecular weight is 284 g/mol. The number of hydrogen-bond acceptors (Lipinski definition) is 5. The van der Waals surface area contributed by atoms with Crippen molar-refractivity contribution in [1.82, 2.24) is 0 Å². The first-order chi connectivity index (χ1) is 8.95. The van der Waals surface area contributed by atoms with Gasteiger partial charge in [-0.05, 0) is 18.7 Å². The molecule has 0 heterocycles. The fraction of sp³-hybridized carbons (Fsp3) is 0.417. The molecule has 2 N–H and O–H groups in total. The van der Waals surface area contributed by atoms with Gasteiger partial charge < -0.3 is 10.4 Å². The highest BCUT2D eigenvalue weighted by molar-refractivity contribution is 7.99. The Balaban J connectivity index is 2.94. The van der Waals surface area contributed by atoms with Gasteiger partial charge >= 0.3 is 5.97 Å². The second kappa shape index (κ2) is 6.98. The van der Waals surface area contributed by atoms with E-state index in [1.165, 1.54) is 12.1 Å². The number of non-ortho nitro benzene ring substituents is 1. The summed E-state index contributed by atoms with van der Waals surface area (Å²) in [4.78, 5) is 21.2. The summed E-state index contributed by atoms with van der Waals surface area (Å²) >= 11 is 1.74. The van der Waals surface area contributed by atoms with E-state index in [2.05, 4.69) is 5.32 Å². The van der Waals surface area contributed by atoms with Crippen molar-refractivity contribution in [2.75, 3.05) is 16.8 Å². The molecule has 7 heteroatoms. The number of benzene rings is 1. The van der Waals surface area contributed by atoms with E-state index in [1.54, 1.807) is 11.8 Å². The number of nitrogens with zero attached hydrogens (tertiary/aromatic N) is 1. The molecular formula is C12H16N2O4S. The Kier molecular flexibility index (Phi) is 5.62. The zero-order valence-corrected chi connectivity index (χ0v) is 11.6. The third-order valence-corrected chi connectivity index (χ3v) is 3.56. The predicted molar refractivity (Wildman–Crippen MR) is 76.1 cm³/mol. The molecule has 19 heavy (non-hydrogen) atoms. The summed E-state index contributed by atoms with van der Waals surface area (Å²) in [5, 5.41) is 22.8. The quantitative estimate of drug-likeness (QED) is 0.591. The molecule has 0 aliphatic heterocycles. The molecular weight excluding hydrogens is 268 g/mol. The van der Waals surface area contributed by atoms with Crippen LogP contribution in [0.15, 0.2) is 18.2 Å². The smallest absolute Gasteiger partial charge is 0.338 e. The van der Waals surface area contributed by atoms with Crippen LogP contribution >= 0.6 is 11.8 Å². The molecule has 0 amide bonds. The monoisotopic (exact) mass is 284 g/mol. The molecule has 0 saturated carbocycles. The lowest BCUT2D eigenvalue weighted by Gasteiger charge is -2.16. The number of nitro groups is 1. The van der Waals surface area contributed by atoms with Crippen LogP contribution in [0.25, 0.3) is 0 Å². The van der Waals surface area contributed by atoms with Crippen molar-refractivity contribution in [2.24, 2.45) is 0 Å². The lowest BCUT2D eigenvalue weighted by Crippen LogP contribution is -2.20. The summed E-state index contributed by atoms with van der Waals surface area (Å²) < 4.78 is 0. The molecule has 1 aromatic rings. The highest BCUT2D eigenvalue weighted by atomic mass is 32.2. The van der Waals surface area contributed by atoms with E-state index in [4.69, 9.17) is 5.11 Å². The van der Waals surface area contributed by atoms with Crippen LogP contribution < -0.4 is 5.32 Å². The molecule has 1 atom stereocenters. The zero-order chi connectivity index (χ0) is 14.4. The van der Waals surface area contributed by atoms with Crippen molar-refractivity contribution in [3.8, 4) is 0 Å². The van der Waals surface area contributed by atoms with Crippen molar-refractivity contribution in [1.29, 1.82) is 0 Å². The average Bonchev–Trinajstić information content (AvgIpc) is 2.36. The van der Waals surface area contributed by atoms with E-state index in [-0.39, 0.29) is 17.3 Å². The lowest BCUT2D eigenvalue weighted by atomic mass is 10.1. The van der Waals surface area contributed by atoms with Crippen LogP contribution in [0.5, 0.6) is 0 Å². The Morgan fingerprint density at radius 1 is 1.58 bits per heavy atom. The van der Waals surface area contributed by atoms with Gasteiger partial charge in [0.05, 0.1) is 10.5 Å². The maximum absolute atomic E-state index is 11.1. The number of thioether (sulfide) groups is 1. The summed E-state index contributed by atoms with van der Waals surface area (Å²) in [6.07, 6.45) is 0. The van der Waals surface area contributed by atoms with Crippen LogP contribution in [0.2, 0.25) is 0 Å². The minimum Gasteiger partial charge on any atom is -0.478 e. The Labute approximate surface area is 115 Å².